The van der Waals surface area contributed by atoms with E-state index in [1.807, 2.05) is 0 Å². The van der Waals surface area contributed by atoms with E-state index in [1.54, 1.807) is 41.8 Å². The summed E-state index contributed by atoms with van der Waals surface area (Å²) in [4.78, 5) is 40.0. The quantitative estimate of drug-likeness (QED) is 0.156. The molecule has 5 rings (SSSR count). The number of amides is 2. The largest absolute Gasteiger partial charge is 0.497 e. The number of nitrogens with one attached hydrogen (secondary N) is 2. The summed E-state index contributed by atoms with van der Waals surface area (Å²) in [5.41, 5.74) is 2.27. The number of carbonyl (C=O) groups is 3. The number of rotatable bonds is 12. The Kier molecular flexibility index (Phi) is 10.4. The van der Waals surface area contributed by atoms with Crippen molar-refractivity contribution in [2.75, 3.05) is 31.9 Å². The SMILES string of the molecule is CCOC(=O)c1c(NC(=O)CSc2nnc(CNC(=O)c3cc(OC)cc(OC)c3)n2-c2ccc(F)cc2)sc2c1CCCC2. The molecule has 2 aromatic heterocycles. The van der Waals surface area contributed by atoms with E-state index >= 15 is 0 Å². The molecule has 0 atom stereocenters. The smallest absolute Gasteiger partial charge is 0.341 e. The Hall–Kier alpha value is -4.43. The molecule has 0 saturated carbocycles. The van der Waals surface area contributed by atoms with Gasteiger partial charge in [0.25, 0.3) is 5.91 Å². The van der Waals surface area contributed by atoms with Crippen molar-refractivity contribution in [1.82, 2.24) is 20.1 Å². The van der Waals surface area contributed by atoms with Gasteiger partial charge in [0.2, 0.25) is 5.91 Å². The minimum Gasteiger partial charge on any atom is -0.497 e. The van der Waals surface area contributed by atoms with Gasteiger partial charge in [0.05, 0.1) is 38.7 Å². The fourth-order valence-electron chi connectivity index (χ4n) is 4.92. The second-order valence-corrected chi connectivity index (χ2v) is 12.0. The average molecular weight is 654 g/mol. The first-order valence-corrected chi connectivity index (χ1v) is 16.1. The number of aromatic nitrogens is 3. The lowest BCUT2D eigenvalue weighted by molar-refractivity contribution is -0.113. The van der Waals surface area contributed by atoms with E-state index in [1.165, 1.54) is 37.7 Å². The number of esters is 1. The molecule has 236 valence electrons. The number of benzene rings is 2. The van der Waals surface area contributed by atoms with Crippen LogP contribution in [-0.4, -0.2) is 59.1 Å². The Labute approximate surface area is 267 Å². The van der Waals surface area contributed by atoms with Crippen molar-refractivity contribution in [2.45, 2.75) is 44.3 Å². The molecule has 4 aromatic rings. The molecule has 14 heteroatoms. The summed E-state index contributed by atoms with van der Waals surface area (Å²) < 4.78 is 31.2. The number of methoxy groups -OCH3 is 2. The van der Waals surface area contributed by atoms with Crippen LogP contribution in [0.3, 0.4) is 0 Å². The van der Waals surface area contributed by atoms with Crippen molar-refractivity contribution in [3.05, 3.63) is 75.7 Å². The number of thioether (sulfide) groups is 1. The summed E-state index contributed by atoms with van der Waals surface area (Å²) in [6.45, 7) is 1.97. The van der Waals surface area contributed by atoms with Gasteiger partial charge in [-0.1, -0.05) is 11.8 Å². The van der Waals surface area contributed by atoms with Crippen LogP contribution < -0.4 is 20.1 Å². The number of thiophene rings is 1. The highest BCUT2D eigenvalue weighted by molar-refractivity contribution is 7.99. The molecule has 45 heavy (non-hydrogen) atoms. The van der Waals surface area contributed by atoms with Gasteiger partial charge in [0.15, 0.2) is 11.0 Å². The van der Waals surface area contributed by atoms with Crippen LogP contribution in [-0.2, 0) is 28.9 Å². The minimum atomic E-state index is -0.435. The number of anilines is 1. The second-order valence-electron chi connectivity index (χ2n) is 9.97. The summed E-state index contributed by atoms with van der Waals surface area (Å²) in [6.07, 6.45) is 3.65. The maximum atomic E-state index is 13.8. The lowest BCUT2D eigenvalue weighted by Gasteiger charge is -2.12. The lowest BCUT2D eigenvalue weighted by Crippen LogP contribution is -2.24. The van der Waals surface area contributed by atoms with E-state index in [9.17, 15) is 18.8 Å². The summed E-state index contributed by atoms with van der Waals surface area (Å²) in [6, 6.07) is 10.5. The van der Waals surface area contributed by atoms with Gasteiger partial charge in [-0.2, -0.15) is 0 Å². The highest BCUT2D eigenvalue weighted by Crippen LogP contribution is 2.39. The first kappa shape index (κ1) is 32.0. The molecule has 0 aliphatic heterocycles. The molecule has 0 radical (unpaired) electrons. The number of nitrogens with zero attached hydrogens (tertiary/aromatic N) is 3. The number of aryl methyl sites for hydroxylation is 1. The van der Waals surface area contributed by atoms with Crippen molar-refractivity contribution in [3.63, 3.8) is 0 Å². The fraction of sp³-hybridized carbons (Fsp3) is 0.323. The third-order valence-electron chi connectivity index (χ3n) is 7.04. The summed E-state index contributed by atoms with van der Waals surface area (Å²) in [5, 5.41) is 15.1. The van der Waals surface area contributed by atoms with Crippen molar-refractivity contribution in [3.8, 4) is 17.2 Å². The molecule has 1 aliphatic carbocycles. The summed E-state index contributed by atoms with van der Waals surface area (Å²) >= 11 is 2.54. The maximum Gasteiger partial charge on any atom is 0.341 e. The van der Waals surface area contributed by atoms with Crippen molar-refractivity contribution in [2.24, 2.45) is 0 Å². The third kappa shape index (κ3) is 7.45. The Morgan fingerprint density at radius 2 is 1.73 bits per heavy atom. The summed E-state index contributed by atoms with van der Waals surface area (Å²) in [7, 11) is 2.99. The fourth-order valence-corrected chi connectivity index (χ4v) is 6.99. The van der Waals surface area contributed by atoms with Gasteiger partial charge < -0.3 is 24.8 Å². The standard InChI is InChI=1S/C31H32FN5O6S2/c1-4-43-30(40)27-23-7-5-6-8-24(23)45-29(27)34-26(38)17-44-31-36-35-25(37(31)20-11-9-19(32)10-12-20)16-33-28(39)18-13-21(41-2)15-22(14-18)42-3/h9-15H,4-8,16-17H2,1-3H3,(H,33,39)(H,34,38). The minimum absolute atomic E-state index is 0.0147. The van der Waals surface area contributed by atoms with Gasteiger partial charge >= 0.3 is 5.97 Å². The van der Waals surface area contributed by atoms with Gasteiger partial charge in [-0.05, 0) is 74.6 Å². The summed E-state index contributed by atoms with van der Waals surface area (Å²) in [5.74, 6) is -0.340. The maximum absolute atomic E-state index is 13.8. The lowest BCUT2D eigenvalue weighted by atomic mass is 9.95. The van der Waals surface area contributed by atoms with Crippen LogP contribution in [0.5, 0.6) is 11.5 Å². The number of ether oxygens (including phenoxy) is 3. The van der Waals surface area contributed by atoms with Crippen molar-refractivity contribution in [1.29, 1.82) is 0 Å². The van der Waals surface area contributed by atoms with Gasteiger partial charge in [-0.3, -0.25) is 14.2 Å². The molecule has 0 fully saturated rings. The molecular weight excluding hydrogens is 622 g/mol. The zero-order valence-electron chi connectivity index (χ0n) is 25.0. The van der Waals surface area contributed by atoms with Gasteiger partial charge in [-0.15, -0.1) is 21.5 Å². The van der Waals surface area contributed by atoms with Crippen LogP contribution in [0.1, 0.15) is 56.7 Å². The van der Waals surface area contributed by atoms with E-state index in [4.69, 9.17) is 14.2 Å². The molecule has 11 nitrogen and oxygen atoms in total. The van der Waals surface area contributed by atoms with Crippen LogP contribution in [0, 0.1) is 5.82 Å². The number of hydrogen-bond acceptors (Lipinski definition) is 10. The number of carbonyl (C=O) groups excluding carboxylic acids is 3. The Bertz CT molecular complexity index is 1680. The second kappa shape index (κ2) is 14.6. The molecule has 0 spiro atoms. The van der Waals surface area contributed by atoms with Crippen LogP contribution in [0.15, 0.2) is 47.6 Å². The molecule has 0 bridgehead atoms. The number of fused-ring (bicyclic) bond motifs is 1. The molecule has 2 N–H and O–H groups in total. The van der Waals surface area contributed by atoms with E-state index in [0.717, 1.165) is 47.9 Å². The van der Waals surface area contributed by atoms with Crippen molar-refractivity contribution >= 4 is 45.9 Å². The predicted molar refractivity (Wildman–Crippen MR) is 168 cm³/mol. The van der Waals surface area contributed by atoms with Crippen LogP contribution in [0.4, 0.5) is 9.39 Å². The molecular formula is C31H32FN5O6S2. The van der Waals surface area contributed by atoms with Crippen molar-refractivity contribution < 1.29 is 33.0 Å². The zero-order chi connectivity index (χ0) is 31.9. The number of hydrogen-bond donors (Lipinski definition) is 2. The first-order chi connectivity index (χ1) is 21.8. The zero-order valence-corrected chi connectivity index (χ0v) is 26.6. The Balaban J connectivity index is 1.33. The van der Waals surface area contributed by atoms with Crippen LogP contribution in [0.25, 0.3) is 5.69 Å². The van der Waals surface area contributed by atoms with Gasteiger partial charge in [0, 0.05) is 22.2 Å². The topological polar surface area (TPSA) is 134 Å². The van der Waals surface area contributed by atoms with E-state index in [2.05, 4.69) is 20.8 Å². The molecule has 2 heterocycles. The molecule has 2 amide bonds. The van der Waals surface area contributed by atoms with Crippen LogP contribution >= 0.6 is 23.1 Å². The van der Waals surface area contributed by atoms with Gasteiger partial charge in [0.1, 0.15) is 22.3 Å². The van der Waals surface area contributed by atoms with Crippen LogP contribution in [0.2, 0.25) is 0 Å². The van der Waals surface area contributed by atoms with E-state index in [0.29, 0.717) is 44.3 Å². The van der Waals surface area contributed by atoms with E-state index < -0.39 is 17.7 Å². The predicted octanol–water partition coefficient (Wildman–Crippen LogP) is 5.20. The highest BCUT2D eigenvalue weighted by Gasteiger charge is 2.27. The average Bonchev–Trinajstić information content (AvgIpc) is 3.63. The third-order valence-corrected chi connectivity index (χ3v) is 9.18. The monoisotopic (exact) mass is 653 g/mol. The van der Waals surface area contributed by atoms with Gasteiger partial charge in [-0.25, -0.2) is 9.18 Å². The Morgan fingerprint density at radius 3 is 2.42 bits per heavy atom. The highest BCUT2D eigenvalue weighted by atomic mass is 32.2. The molecule has 0 saturated heterocycles. The normalized spacial score (nSPS) is 12.3. The number of halogens is 1. The molecule has 0 unspecified atom stereocenters. The molecule has 1 aliphatic rings. The molecule has 2 aromatic carbocycles. The Morgan fingerprint density at radius 1 is 1.02 bits per heavy atom. The van der Waals surface area contributed by atoms with E-state index in [-0.39, 0.29) is 24.8 Å². The first-order valence-electron chi connectivity index (χ1n) is 14.3.